The molecule has 0 N–H and O–H groups in total. The van der Waals surface area contributed by atoms with Gasteiger partial charge in [0.2, 0.25) is 11.2 Å². The Kier molecular flexibility index (Phi) is 1.41. The van der Waals surface area contributed by atoms with Crippen molar-refractivity contribution in [3.05, 3.63) is 33.9 Å². The molecule has 0 aliphatic heterocycles. The van der Waals surface area contributed by atoms with Crippen molar-refractivity contribution in [1.82, 2.24) is 0 Å². The third kappa shape index (κ3) is 1.05. The molecule has 4 heteroatoms. The predicted molar refractivity (Wildman–Crippen MR) is 54.0 cm³/mol. The summed E-state index contributed by atoms with van der Waals surface area (Å²) in [4.78, 5) is 11.9. The van der Waals surface area contributed by atoms with Gasteiger partial charge in [-0.25, -0.2) is 0 Å². The van der Waals surface area contributed by atoms with Crippen molar-refractivity contribution in [1.29, 1.82) is 0 Å². The van der Waals surface area contributed by atoms with Crippen LogP contribution in [0, 0.1) is 13.8 Å². The number of fused-ring (bicyclic) bond motifs is 2. The first-order valence-corrected chi connectivity index (χ1v) is 4.58. The second-order valence-corrected chi connectivity index (χ2v) is 3.53. The van der Waals surface area contributed by atoms with E-state index in [-0.39, 0.29) is 16.6 Å². The number of furan rings is 2. The van der Waals surface area contributed by atoms with Crippen LogP contribution in [0.2, 0.25) is 0 Å². The molecule has 0 radical (unpaired) electrons. The molecule has 15 heavy (non-hydrogen) atoms. The highest BCUT2D eigenvalue weighted by Crippen LogP contribution is 2.23. The molecule has 3 heterocycles. The van der Waals surface area contributed by atoms with Crippen LogP contribution >= 0.6 is 0 Å². The summed E-state index contributed by atoms with van der Waals surface area (Å²) in [6.45, 7) is 3.53. The monoisotopic (exact) mass is 204 g/mol. The lowest BCUT2D eigenvalue weighted by Gasteiger charge is -1.87. The zero-order chi connectivity index (χ0) is 10.6. The zero-order valence-corrected chi connectivity index (χ0v) is 8.29. The standard InChI is InChI=1S/C11H8O4/c1-5-3-7-10(13-5)9(12)11-8(15-7)4-6(2)14-11/h3-4H,1-2H3. The Bertz CT molecular complexity index is 653. The number of rotatable bonds is 0. The second-order valence-electron chi connectivity index (χ2n) is 3.53. The lowest BCUT2D eigenvalue weighted by molar-refractivity contribution is 0.554. The minimum Gasteiger partial charge on any atom is -0.454 e. The maximum absolute atomic E-state index is 11.9. The van der Waals surface area contributed by atoms with Gasteiger partial charge in [-0.05, 0) is 13.8 Å². The summed E-state index contributed by atoms with van der Waals surface area (Å²) >= 11 is 0. The van der Waals surface area contributed by atoms with Gasteiger partial charge in [0.25, 0.3) is 5.43 Å². The molecule has 0 fully saturated rings. The molecule has 0 saturated heterocycles. The number of hydrogen-bond acceptors (Lipinski definition) is 4. The van der Waals surface area contributed by atoms with Gasteiger partial charge in [-0.3, -0.25) is 4.79 Å². The van der Waals surface area contributed by atoms with Crippen LogP contribution in [0.3, 0.4) is 0 Å². The maximum atomic E-state index is 11.9. The highest BCUT2D eigenvalue weighted by Gasteiger charge is 2.14. The Hall–Kier alpha value is -1.97. The SMILES string of the molecule is Cc1cc2oc3cc(C)oc3c(=O)c2o1. The van der Waals surface area contributed by atoms with E-state index in [2.05, 4.69) is 0 Å². The summed E-state index contributed by atoms with van der Waals surface area (Å²) in [5.74, 6) is 1.30. The van der Waals surface area contributed by atoms with Gasteiger partial charge in [0.15, 0.2) is 11.2 Å². The molecule has 0 bridgehead atoms. The lowest BCUT2D eigenvalue weighted by atomic mass is 10.3. The molecule has 0 amide bonds. The molecule has 0 aliphatic carbocycles. The van der Waals surface area contributed by atoms with Crippen LogP contribution in [0.4, 0.5) is 0 Å². The topological polar surface area (TPSA) is 56.5 Å². The highest BCUT2D eigenvalue weighted by atomic mass is 16.4. The highest BCUT2D eigenvalue weighted by molar-refractivity contribution is 5.83. The van der Waals surface area contributed by atoms with E-state index in [1.807, 2.05) is 0 Å². The van der Waals surface area contributed by atoms with Gasteiger partial charge < -0.3 is 13.3 Å². The molecule has 0 aromatic carbocycles. The number of aryl methyl sites for hydroxylation is 2. The van der Waals surface area contributed by atoms with Crippen LogP contribution in [0.1, 0.15) is 11.5 Å². The first-order chi connectivity index (χ1) is 7.15. The molecule has 3 aromatic heterocycles. The minimum absolute atomic E-state index is 0.217. The summed E-state index contributed by atoms with van der Waals surface area (Å²) in [5, 5.41) is 0. The van der Waals surface area contributed by atoms with Gasteiger partial charge in [-0.1, -0.05) is 0 Å². The van der Waals surface area contributed by atoms with Crippen molar-refractivity contribution in [2.75, 3.05) is 0 Å². The van der Waals surface area contributed by atoms with Crippen molar-refractivity contribution in [2.24, 2.45) is 0 Å². The van der Waals surface area contributed by atoms with E-state index in [1.165, 1.54) is 0 Å². The van der Waals surface area contributed by atoms with Crippen LogP contribution in [-0.4, -0.2) is 0 Å². The molecule has 3 rings (SSSR count). The van der Waals surface area contributed by atoms with Gasteiger partial charge in [-0.2, -0.15) is 0 Å². The molecule has 0 aliphatic rings. The molecular weight excluding hydrogens is 196 g/mol. The maximum Gasteiger partial charge on any atom is 0.271 e. The number of hydrogen-bond donors (Lipinski definition) is 0. The summed E-state index contributed by atoms with van der Waals surface area (Å²) in [7, 11) is 0. The Balaban J connectivity index is 2.62. The summed E-state index contributed by atoms with van der Waals surface area (Å²) < 4.78 is 16.0. The van der Waals surface area contributed by atoms with Crippen LogP contribution in [-0.2, 0) is 0 Å². The van der Waals surface area contributed by atoms with Crippen molar-refractivity contribution in [3.63, 3.8) is 0 Å². The van der Waals surface area contributed by atoms with Crippen molar-refractivity contribution < 1.29 is 13.3 Å². The molecule has 76 valence electrons. The first-order valence-electron chi connectivity index (χ1n) is 4.58. The van der Waals surface area contributed by atoms with Crippen molar-refractivity contribution in [3.8, 4) is 0 Å². The summed E-state index contributed by atoms with van der Waals surface area (Å²) in [6.07, 6.45) is 0. The Morgan fingerprint density at radius 2 is 1.33 bits per heavy atom. The van der Waals surface area contributed by atoms with Gasteiger partial charge >= 0.3 is 0 Å². The fourth-order valence-electron chi connectivity index (χ4n) is 1.67. The molecule has 0 atom stereocenters. The molecule has 4 nitrogen and oxygen atoms in total. The van der Waals surface area contributed by atoms with Gasteiger partial charge in [0.05, 0.1) is 0 Å². The largest absolute Gasteiger partial charge is 0.454 e. The van der Waals surface area contributed by atoms with E-state index in [1.54, 1.807) is 26.0 Å². The Morgan fingerprint density at radius 1 is 0.867 bits per heavy atom. The first kappa shape index (κ1) is 8.35. The van der Waals surface area contributed by atoms with Crippen molar-refractivity contribution >= 4 is 22.3 Å². The van der Waals surface area contributed by atoms with Crippen LogP contribution < -0.4 is 5.43 Å². The Morgan fingerprint density at radius 3 is 1.80 bits per heavy atom. The van der Waals surface area contributed by atoms with Crippen LogP contribution in [0.15, 0.2) is 30.2 Å². The van der Waals surface area contributed by atoms with Gasteiger partial charge in [-0.15, -0.1) is 0 Å². The smallest absolute Gasteiger partial charge is 0.271 e. The summed E-state index contributed by atoms with van der Waals surface area (Å²) in [5.41, 5.74) is 1.10. The molecule has 3 aromatic rings. The quantitative estimate of drug-likeness (QED) is 0.565. The average molecular weight is 204 g/mol. The minimum atomic E-state index is -0.257. The third-order valence-corrected chi connectivity index (χ3v) is 2.27. The fraction of sp³-hybridized carbons (Fsp3) is 0.182. The van der Waals surface area contributed by atoms with E-state index >= 15 is 0 Å². The fourth-order valence-corrected chi connectivity index (χ4v) is 1.67. The third-order valence-electron chi connectivity index (χ3n) is 2.27. The van der Waals surface area contributed by atoms with E-state index in [4.69, 9.17) is 13.3 Å². The lowest BCUT2D eigenvalue weighted by Crippen LogP contribution is -1.97. The Labute approximate surface area is 84.1 Å². The van der Waals surface area contributed by atoms with E-state index < -0.39 is 0 Å². The molecule has 0 spiro atoms. The van der Waals surface area contributed by atoms with Gasteiger partial charge in [0.1, 0.15) is 11.5 Å². The molecule has 0 saturated carbocycles. The van der Waals surface area contributed by atoms with E-state index in [0.29, 0.717) is 22.7 Å². The van der Waals surface area contributed by atoms with Crippen LogP contribution in [0.25, 0.3) is 22.3 Å². The zero-order valence-electron chi connectivity index (χ0n) is 8.29. The molecule has 0 unspecified atom stereocenters. The van der Waals surface area contributed by atoms with Gasteiger partial charge in [0, 0.05) is 12.1 Å². The molecular formula is C11H8O4. The average Bonchev–Trinajstić information content (AvgIpc) is 2.69. The summed E-state index contributed by atoms with van der Waals surface area (Å²) in [6, 6.07) is 3.39. The van der Waals surface area contributed by atoms with Crippen LogP contribution in [0.5, 0.6) is 0 Å². The van der Waals surface area contributed by atoms with E-state index in [0.717, 1.165) is 0 Å². The predicted octanol–water partition coefficient (Wildman–Crippen LogP) is 2.75. The second kappa shape index (κ2) is 2.53. The van der Waals surface area contributed by atoms with E-state index in [9.17, 15) is 4.79 Å². The van der Waals surface area contributed by atoms with Crippen molar-refractivity contribution in [2.45, 2.75) is 13.8 Å². The normalized spacial score (nSPS) is 11.6.